The van der Waals surface area contributed by atoms with Crippen LogP contribution in [-0.2, 0) is 6.54 Å². The fraction of sp³-hybridized carbons (Fsp3) is 0.0714. The van der Waals surface area contributed by atoms with Crippen molar-refractivity contribution in [3.05, 3.63) is 58.4 Å². The lowest BCUT2D eigenvalue weighted by atomic mass is 10.1. The van der Waals surface area contributed by atoms with E-state index in [4.69, 9.17) is 23.1 Å². The summed E-state index contributed by atoms with van der Waals surface area (Å²) in [4.78, 5) is 11.2. The zero-order valence-corrected chi connectivity index (χ0v) is 11.2. The van der Waals surface area contributed by atoms with Crippen LogP contribution in [0.1, 0.15) is 15.9 Å². The molecule has 4 nitrogen and oxygen atoms in total. The van der Waals surface area contributed by atoms with E-state index in [2.05, 4.69) is 5.32 Å². The van der Waals surface area contributed by atoms with Crippen molar-refractivity contribution in [2.24, 2.45) is 5.73 Å². The first-order valence-corrected chi connectivity index (χ1v) is 6.22. The number of nitrogens with two attached hydrogens (primary N) is 2. The molecule has 0 fully saturated rings. The van der Waals surface area contributed by atoms with Crippen LogP contribution in [0.4, 0.5) is 15.8 Å². The zero-order valence-electron chi connectivity index (χ0n) is 10.5. The van der Waals surface area contributed by atoms with Crippen molar-refractivity contribution in [3.8, 4) is 0 Å². The second kappa shape index (κ2) is 5.79. The van der Waals surface area contributed by atoms with Gasteiger partial charge >= 0.3 is 0 Å². The number of halogens is 2. The van der Waals surface area contributed by atoms with Gasteiger partial charge in [0.1, 0.15) is 5.82 Å². The number of hydrogen-bond donors (Lipinski definition) is 3. The smallest absolute Gasteiger partial charge is 0.250 e. The summed E-state index contributed by atoms with van der Waals surface area (Å²) in [6.07, 6.45) is 0. The molecule has 20 heavy (non-hydrogen) atoms. The van der Waals surface area contributed by atoms with Crippen LogP contribution >= 0.6 is 11.6 Å². The van der Waals surface area contributed by atoms with Gasteiger partial charge in [-0.1, -0.05) is 23.7 Å². The quantitative estimate of drug-likeness (QED) is 0.758. The Morgan fingerprint density at radius 3 is 2.50 bits per heavy atom. The highest BCUT2D eigenvalue weighted by molar-refractivity contribution is 6.30. The van der Waals surface area contributed by atoms with Gasteiger partial charge in [0, 0.05) is 17.3 Å². The topological polar surface area (TPSA) is 81.1 Å². The molecule has 0 radical (unpaired) electrons. The molecule has 6 heteroatoms. The normalized spacial score (nSPS) is 10.3. The summed E-state index contributed by atoms with van der Waals surface area (Å²) >= 11 is 5.78. The third-order valence-corrected chi connectivity index (χ3v) is 3.05. The molecule has 2 aromatic rings. The molecule has 5 N–H and O–H groups in total. The molecule has 0 atom stereocenters. The van der Waals surface area contributed by atoms with E-state index >= 15 is 0 Å². The van der Waals surface area contributed by atoms with Crippen molar-refractivity contribution >= 4 is 28.9 Å². The Balaban J connectivity index is 2.18. The lowest BCUT2D eigenvalue weighted by molar-refractivity contribution is 0.100. The SMILES string of the molecule is NC(=O)c1cc(NCc2ccc(Cl)cc2)c(F)cc1N. The van der Waals surface area contributed by atoms with Gasteiger partial charge in [0.2, 0.25) is 0 Å². The molecule has 0 aliphatic rings. The van der Waals surface area contributed by atoms with Gasteiger partial charge in [-0.3, -0.25) is 4.79 Å². The summed E-state index contributed by atoms with van der Waals surface area (Å²) in [5, 5.41) is 3.52. The van der Waals surface area contributed by atoms with E-state index in [1.54, 1.807) is 12.1 Å². The molecule has 0 aliphatic heterocycles. The maximum atomic E-state index is 13.7. The monoisotopic (exact) mass is 293 g/mol. The van der Waals surface area contributed by atoms with E-state index in [0.717, 1.165) is 11.6 Å². The van der Waals surface area contributed by atoms with Crippen molar-refractivity contribution in [2.45, 2.75) is 6.54 Å². The van der Waals surface area contributed by atoms with E-state index < -0.39 is 11.7 Å². The largest absolute Gasteiger partial charge is 0.398 e. The number of primary amides is 1. The van der Waals surface area contributed by atoms with Gasteiger partial charge in [0.15, 0.2) is 0 Å². The second-order valence-electron chi connectivity index (χ2n) is 4.26. The van der Waals surface area contributed by atoms with E-state index in [1.165, 1.54) is 6.07 Å². The van der Waals surface area contributed by atoms with Gasteiger partial charge < -0.3 is 16.8 Å². The van der Waals surface area contributed by atoms with Crippen LogP contribution in [0.2, 0.25) is 5.02 Å². The minimum Gasteiger partial charge on any atom is -0.398 e. The Labute approximate surface area is 120 Å². The van der Waals surface area contributed by atoms with Gasteiger partial charge in [-0.25, -0.2) is 4.39 Å². The van der Waals surface area contributed by atoms with E-state index in [0.29, 0.717) is 11.6 Å². The maximum Gasteiger partial charge on any atom is 0.250 e. The molecule has 2 rings (SSSR count). The molecule has 2 aromatic carbocycles. The summed E-state index contributed by atoms with van der Waals surface area (Å²) < 4.78 is 13.7. The number of rotatable bonds is 4. The number of nitrogen functional groups attached to an aromatic ring is 1. The Morgan fingerprint density at radius 1 is 1.25 bits per heavy atom. The summed E-state index contributed by atoms with van der Waals surface area (Å²) in [7, 11) is 0. The standard InChI is InChI=1S/C14H13ClFN3O/c15-9-3-1-8(2-4-9)7-19-13-5-10(14(18)20)12(17)6-11(13)16/h1-6,19H,7,17H2,(H2,18,20). The van der Waals surface area contributed by atoms with Crippen LogP contribution in [0, 0.1) is 5.82 Å². The number of amides is 1. The number of hydrogen-bond acceptors (Lipinski definition) is 3. The minimum absolute atomic E-state index is 0.0204. The van der Waals surface area contributed by atoms with Crippen molar-refractivity contribution in [1.82, 2.24) is 0 Å². The predicted octanol–water partition coefficient (Wildman–Crippen LogP) is 2.77. The third kappa shape index (κ3) is 3.19. The molecule has 0 bridgehead atoms. The van der Waals surface area contributed by atoms with E-state index in [1.807, 2.05) is 12.1 Å². The number of nitrogens with one attached hydrogen (secondary N) is 1. The van der Waals surface area contributed by atoms with Crippen LogP contribution in [-0.4, -0.2) is 5.91 Å². The van der Waals surface area contributed by atoms with Crippen LogP contribution in [0.5, 0.6) is 0 Å². The minimum atomic E-state index is -0.697. The average Bonchev–Trinajstić information content (AvgIpc) is 2.39. The molecule has 0 unspecified atom stereocenters. The molecule has 0 saturated heterocycles. The van der Waals surface area contributed by atoms with Crippen LogP contribution in [0.25, 0.3) is 0 Å². The van der Waals surface area contributed by atoms with E-state index in [-0.39, 0.29) is 16.9 Å². The van der Waals surface area contributed by atoms with Crippen molar-refractivity contribution < 1.29 is 9.18 Å². The lowest BCUT2D eigenvalue weighted by Gasteiger charge is -2.10. The van der Waals surface area contributed by atoms with Gasteiger partial charge in [0.05, 0.1) is 11.3 Å². The highest BCUT2D eigenvalue weighted by Gasteiger charge is 2.11. The predicted molar refractivity (Wildman–Crippen MR) is 78.1 cm³/mol. The van der Waals surface area contributed by atoms with Crippen molar-refractivity contribution in [3.63, 3.8) is 0 Å². The number of benzene rings is 2. The molecule has 0 aromatic heterocycles. The Morgan fingerprint density at radius 2 is 1.90 bits per heavy atom. The van der Waals surface area contributed by atoms with Gasteiger partial charge in [-0.05, 0) is 29.8 Å². The molecule has 0 saturated carbocycles. The molecule has 0 heterocycles. The Bertz CT molecular complexity index is 644. The summed E-state index contributed by atoms with van der Waals surface area (Å²) in [5.41, 5.74) is 11.9. The van der Waals surface area contributed by atoms with Crippen molar-refractivity contribution in [2.75, 3.05) is 11.1 Å². The summed E-state index contributed by atoms with van der Waals surface area (Å²) in [6.45, 7) is 0.385. The molecular weight excluding hydrogens is 281 g/mol. The lowest BCUT2D eigenvalue weighted by Crippen LogP contribution is -2.15. The second-order valence-corrected chi connectivity index (χ2v) is 4.70. The van der Waals surface area contributed by atoms with Crippen molar-refractivity contribution in [1.29, 1.82) is 0 Å². The van der Waals surface area contributed by atoms with Gasteiger partial charge in [-0.15, -0.1) is 0 Å². The molecule has 1 amide bonds. The fourth-order valence-corrected chi connectivity index (χ4v) is 1.86. The summed E-state index contributed by atoms with van der Waals surface area (Å²) in [6, 6.07) is 9.51. The first-order valence-electron chi connectivity index (χ1n) is 5.84. The Kier molecular flexibility index (Phi) is 4.10. The fourth-order valence-electron chi connectivity index (χ4n) is 1.74. The molecule has 0 spiro atoms. The third-order valence-electron chi connectivity index (χ3n) is 2.80. The molecular formula is C14H13ClFN3O. The zero-order chi connectivity index (χ0) is 14.7. The molecule has 0 aliphatic carbocycles. The average molecular weight is 294 g/mol. The molecule has 104 valence electrons. The number of carbonyl (C=O) groups is 1. The number of carbonyl (C=O) groups excluding carboxylic acids is 1. The van der Waals surface area contributed by atoms with Crippen LogP contribution < -0.4 is 16.8 Å². The van der Waals surface area contributed by atoms with Crippen LogP contribution in [0.15, 0.2) is 36.4 Å². The number of anilines is 2. The van der Waals surface area contributed by atoms with Gasteiger partial charge in [-0.2, -0.15) is 0 Å². The maximum absolute atomic E-state index is 13.7. The van der Waals surface area contributed by atoms with Crippen LogP contribution in [0.3, 0.4) is 0 Å². The highest BCUT2D eigenvalue weighted by Crippen LogP contribution is 2.22. The first-order chi connectivity index (χ1) is 9.47. The van der Waals surface area contributed by atoms with Gasteiger partial charge in [0.25, 0.3) is 5.91 Å². The first kappa shape index (κ1) is 14.1. The summed E-state index contributed by atoms with van der Waals surface area (Å²) in [5.74, 6) is -1.24. The highest BCUT2D eigenvalue weighted by atomic mass is 35.5. The van der Waals surface area contributed by atoms with E-state index in [9.17, 15) is 9.18 Å². The Hall–Kier alpha value is -2.27.